The summed E-state index contributed by atoms with van der Waals surface area (Å²) in [6.45, 7) is 4.31. The number of nitrogens with zero attached hydrogens (tertiary/aromatic N) is 3. The number of rotatable bonds is 5. The topological polar surface area (TPSA) is 47.4 Å². The molecule has 0 aromatic carbocycles. The van der Waals surface area contributed by atoms with Crippen LogP contribution in [0.15, 0.2) is 6.07 Å². The summed E-state index contributed by atoms with van der Waals surface area (Å²) < 4.78 is 7.40. The van der Waals surface area contributed by atoms with Crippen LogP contribution in [0.4, 0.5) is 0 Å². The van der Waals surface area contributed by atoms with E-state index in [9.17, 15) is 4.79 Å². The molecule has 6 heteroatoms. The number of hydrogen-bond donors (Lipinski definition) is 0. The molecule has 1 aromatic rings. The first kappa shape index (κ1) is 15.5. The van der Waals surface area contributed by atoms with Crippen molar-refractivity contribution in [3.8, 4) is 0 Å². The van der Waals surface area contributed by atoms with Gasteiger partial charge in [0.1, 0.15) is 5.69 Å². The number of amides is 1. The van der Waals surface area contributed by atoms with E-state index >= 15 is 0 Å². The minimum atomic E-state index is 0.0821. The Morgan fingerprint density at radius 2 is 2.20 bits per heavy atom. The van der Waals surface area contributed by atoms with Gasteiger partial charge in [0, 0.05) is 25.5 Å². The Bertz CT molecular complexity index is 453. The maximum atomic E-state index is 12.5. The molecule has 0 unspecified atom stereocenters. The lowest BCUT2D eigenvalue weighted by molar-refractivity contribution is 0.0156. The van der Waals surface area contributed by atoms with Gasteiger partial charge in [-0.1, -0.05) is 22.9 Å². The molecule has 1 aliphatic rings. The highest BCUT2D eigenvalue weighted by Crippen LogP contribution is 2.17. The molecule has 1 aliphatic heterocycles. The van der Waals surface area contributed by atoms with Crippen molar-refractivity contribution in [1.82, 2.24) is 14.7 Å². The Labute approximate surface area is 128 Å². The van der Waals surface area contributed by atoms with Gasteiger partial charge >= 0.3 is 0 Å². The van der Waals surface area contributed by atoms with E-state index in [2.05, 4.69) is 21.0 Å². The number of carbonyl (C=O) groups excluding carboxylic acids is 1. The molecule has 2 rings (SSSR count). The molecule has 0 bridgehead atoms. The summed E-state index contributed by atoms with van der Waals surface area (Å²) >= 11 is 3.36. The van der Waals surface area contributed by atoms with Gasteiger partial charge in [-0.3, -0.25) is 9.48 Å². The number of aromatic nitrogens is 2. The zero-order chi connectivity index (χ0) is 14.5. The van der Waals surface area contributed by atoms with Crippen LogP contribution in [0.1, 0.15) is 35.9 Å². The van der Waals surface area contributed by atoms with Crippen molar-refractivity contribution in [2.75, 3.05) is 25.0 Å². The summed E-state index contributed by atoms with van der Waals surface area (Å²) in [7, 11) is 1.83. The van der Waals surface area contributed by atoms with Gasteiger partial charge in [-0.25, -0.2) is 0 Å². The van der Waals surface area contributed by atoms with Gasteiger partial charge in [0.25, 0.3) is 5.91 Å². The molecule has 5 nitrogen and oxygen atoms in total. The number of hydrogen-bond acceptors (Lipinski definition) is 3. The molecule has 0 atom stereocenters. The molecule has 20 heavy (non-hydrogen) atoms. The van der Waals surface area contributed by atoms with Crippen molar-refractivity contribution >= 4 is 21.8 Å². The molecule has 1 saturated heterocycles. The number of halogens is 1. The molecule has 2 heterocycles. The Kier molecular flexibility index (Phi) is 5.60. The molecule has 0 N–H and O–H groups in total. The van der Waals surface area contributed by atoms with E-state index in [-0.39, 0.29) is 12.0 Å². The van der Waals surface area contributed by atoms with E-state index in [4.69, 9.17) is 4.74 Å². The Balaban J connectivity index is 1.92. The number of likely N-dealkylation sites (tertiary alicyclic amines) is 1. The minimum Gasteiger partial charge on any atom is -0.377 e. The van der Waals surface area contributed by atoms with Gasteiger partial charge in [0.05, 0.1) is 18.4 Å². The highest BCUT2D eigenvalue weighted by molar-refractivity contribution is 9.09. The highest BCUT2D eigenvalue weighted by Gasteiger charge is 2.25. The van der Waals surface area contributed by atoms with Crippen molar-refractivity contribution in [3.63, 3.8) is 0 Å². The minimum absolute atomic E-state index is 0.0821. The van der Waals surface area contributed by atoms with E-state index in [0.717, 1.165) is 50.0 Å². The average Bonchev–Trinajstić information content (AvgIpc) is 2.86. The van der Waals surface area contributed by atoms with Gasteiger partial charge < -0.3 is 9.64 Å². The zero-order valence-electron chi connectivity index (χ0n) is 12.1. The summed E-state index contributed by atoms with van der Waals surface area (Å²) in [5.41, 5.74) is 1.65. The third-order valence-corrected chi connectivity index (χ3v) is 4.00. The van der Waals surface area contributed by atoms with E-state index in [1.165, 1.54) is 0 Å². The lowest BCUT2D eigenvalue weighted by atomic mass is 10.1. The van der Waals surface area contributed by atoms with Crippen molar-refractivity contribution in [1.29, 1.82) is 0 Å². The summed E-state index contributed by atoms with van der Waals surface area (Å²) in [6, 6.07) is 1.90. The summed E-state index contributed by atoms with van der Waals surface area (Å²) in [4.78, 5) is 14.4. The monoisotopic (exact) mass is 343 g/mol. The van der Waals surface area contributed by atoms with Crippen molar-refractivity contribution in [2.45, 2.75) is 32.3 Å². The second-order valence-electron chi connectivity index (χ2n) is 5.05. The van der Waals surface area contributed by atoms with Gasteiger partial charge in [0.2, 0.25) is 0 Å². The smallest absolute Gasteiger partial charge is 0.272 e. The third kappa shape index (κ3) is 3.61. The van der Waals surface area contributed by atoms with Crippen LogP contribution in [0.5, 0.6) is 0 Å². The predicted octanol–water partition coefficient (Wildman–Crippen LogP) is 2.00. The van der Waals surface area contributed by atoms with Crippen molar-refractivity contribution < 1.29 is 9.53 Å². The fraction of sp³-hybridized carbons (Fsp3) is 0.714. The second kappa shape index (κ2) is 7.22. The highest BCUT2D eigenvalue weighted by atomic mass is 79.9. The number of piperidine rings is 1. The molecular weight excluding hydrogens is 322 g/mol. The van der Waals surface area contributed by atoms with E-state index in [1.54, 1.807) is 4.68 Å². The molecule has 0 spiro atoms. The van der Waals surface area contributed by atoms with E-state index < -0.39 is 0 Å². The van der Waals surface area contributed by atoms with Crippen LogP contribution in [0.2, 0.25) is 0 Å². The van der Waals surface area contributed by atoms with Crippen LogP contribution >= 0.6 is 15.9 Å². The molecule has 112 valence electrons. The zero-order valence-corrected chi connectivity index (χ0v) is 13.7. The quantitative estimate of drug-likeness (QED) is 0.768. The number of alkyl halides is 1. The standard InChI is InChI=1S/C14H22BrN3O2/c1-3-11-10-13(17(2)16-11)14(19)18-7-4-12(5-8-18)20-9-6-15/h10,12H,3-9H2,1-2H3. The maximum absolute atomic E-state index is 12.5. The van der Waals surface area contributed by atoms with Crippen molar-refractivity contribution in [3.05, 3.63) is 17.5 Å². The van der Waals surface area contributed by atoms with Crippen LogP contribution < -0.4 is 0 Å². The SMILES string of the molecule is CCc1cc(C(=O)N2CCC(OCCBr)CC2)n(C)n1. The molecular formula is C14H22BrN3O2. The normalized spacial score (nSPS) is 16.6. The summed E-state index contributed by atoms with van der Waals surface area (Å²) in [5, 5.41) is 5.20. The largest absolute Gasteiger partial charge is 0.377 e. The molecule has 1 aromatic heterocycles. The van der Waals surface area contributed by atoms with Crippen molar-refractivity contribution in [2.24, 2.45) is 7.05 Å². The van der Waals surface area contributed by atoms with Crippen LogP contribution in [0, 0.1) is 0 Å². The van der Waals surface area contributed by atoms with E-state index in [0.29, 0.717) is 5.69 Å². The molecule has 0 aliphatic carbocycles. The van der Waals surface area contributed by atoms with Gasteiger partial charge in [-0.15, -0.1) is 0 Å². The van der Waals surface area contributed by atoms with Crippen LogP contribution in [-0.4, -0.2) is 51.7 Å². The van der Waals surface area contributed by atoms with Gasteiger partial charge in [-0.05, 0) is 25.3 Å². The van der Waals surface area contributed by atoms with Crippen LogP contribution in [0.3, 0.4) is 0 Å². The summed E-state index contributed by atoms with van der Waals surface area (Å²) in [6.07, 6.45) is 2.97. The molecule has 0 saturated carbocycles. The number of aryl methyl sites for hydroxylation is 2. The summed E-state index contributed by atoms with van der Waals surface area (Å²) in [5.74, 6) is 0.0821. The van der Waals surface area contributed by atoms with Gasteiger partial charge in [-0.2, -0.15) is 5.10 Å². The van der Waals surface area contributed by atoms with E-state index in [1.807, 2.05) is 24.9 Å². The second-order valence-corrected chi connectivity index (χ2v) is 5.84. The van der Waals surface area contributed by atoms with Crippen LogP contribution in [0.25, 0.3) is 0 Å². The van der Waals surface area contributed by atoms with Gasteiger partial charge in [0.15, 0.2) is 0 Å². The maximum Gasteiger partial charge on any atom is 0.272 e. The Hall–Kier alpha value is -0.880. The average molecular weight is 344 g/mol. The van der Waals surface area contributed by atoms with Crippen LogP contribution in [-0.2, 0) is 18.2 Å². The third-order valence-electron chi connectivity index (χ3n) is 3.67. The lowest BCUT2D eigenvalue weighted by Gasteiger charge is -2.31. The molecule has 1 amide bonds. The Morgan fingerprint density at radius 1 is 1.50 bits per heavy atom. The number of ether oxygens (including phenoxy) is 1. The predicted molar refractivity (Wildman–Crippen MR) is 81.3 cm³/mol. The fourth-order valence-electron chi connectivity index (χ4n) is 2.50. The first-order valence-electron chi connectivity index (χ1n) is 7.15. The number of carbonyl (C=O) groups is 1. The first-order chi connectivity index (χ1) is 9.65. The lowest BCUT2D eigenvalue weighted by Crippen LogP contribution is -2.41. The Morgan fingerprint density at radius 3 is 2.75 bits per heavy atom. The first-order valence-corrected chi connectivity index (χ1v) is 8.27. The molecule has 0 radical (unpaired) electrons. The fourth-order valence-corrected chi connectivity index (χ4v) is 2.69. The molecule has 1 fully saturated rings.